The average Bonchev–Trinajstić information content (AvgIpc) is 2.97. The first-order valence-electron chi connectivity index (χ1n) is 8.71. The van der Waals surface area contributed by atoms with Gasteiger partial charge in [0.15, 0.2) is 0 Å². The molecule has 0 spiro atoms. The van der Waals surface area contributed by atoms with Gasteiger partial charge in [-0.25, -0.2) is 12.7 Å². The lowest BCUT2D eigenvalue weighted by Gasteiger charge is -2.24. The van der Waals surface area contributed by atoms with Crippen LogP contribution in [-0.4, -0.2) is 30.6 Å². The number of nitrogens with one attached hydrogen (secondary N) is 1. The third kappa shape index (κ3) is 3.88. The second-order valence-electron chi connectivity index (χ2n) is 6.93. The van der Waals surface area contributed by atoms with Gasteiger partial charge in [-0.1, -0.05) is 23.8 Å². The molecule has 1 atom stereocenters. The third-order valence-electron chi connectivity index (χ3n) is 4.53. The van der Waals surface area contributed by atoms with Crippen molar-refractivity contribution in [1.82, 2.24) is 4.31 Å². The Bertz CT molecular complexity index is 977. The molecule has 7 heteroatoms. The minimum atomic E-state index is -4.08. The average molecular weight is 386 g/mol. The maximum atomic E-state index is 13.0. The lowest BCUT2D eigenvalue weighted by atomic mass is 10.1. The van der Waals surface area contributed by atoms with Gasteiger partial charge in [-0.2, -0.15) is 0 Å². The van der Waals surface area contributed by atoms with E-state index < -0.39 is 27.9 Å². The standard InChI is InChI=1S/C20H22N2O4S/c1-13-4-6-17(7-5-13)27(25,26)22-18(8-9-19(22)23)20(24)21-16-11-14(2)10-15(3)12-16/h4-7,10-12,18H,8-9H2,1-3H3,(H,21,24)/t18-/m1/s1. The minimum absolute atomic E-state index is 0.00699. The van der Waals surface area contributed by atoms with Crippen molar-refractivity contribution in [2.75, 3.05) is 5.32 Å². The molecule has 0 saturated carbocycles. The first kappa shape index (κ1) is 19.1. The van der Waals surface area contributed by atoms with Crippen LogP contribution in [0.5, 0.6) is 0 Å². The summed E-state index contributed by atoms with van der Waals surface area (Å²) in [5, 5.41) is 2.75. The highest BCUT2D eigenvalue weighted by molar-refractivity contribution is 7.89. The molecule has 2 aromatic rings. The predicted molar refractivity (Wildman–Crippen MR) is 103 cm³/mol. The number of benzene rings is 2. The SMILES string of the molecule is Cc1ccc(S(=O)(=O)N2C(=O)CC[C@@H]2C(=O)Nc2cc(C)cc(C)c2)cc1. The fraction of sp³-hybridized carbons (Fsp3) is 0.300. The largest absolute Gasteiger partial charge is 0.324 e. The monoisotopic (exact) mass is 386 g/mol. The molecule has 3 rings (SSSR count). The summed E-state index contributed by atoms with van der Waals surface area (Å²) < 4.78 is 26.6. The zero-order valence-corrected chi connectivity index (χ0v) is 16.3. The molecule has 0 unspecified atom stereocenters. The summed E-state index contributed by atoms with van der Waals surface area (Å²) >= 11 is 0. The van der Waals surface area contributed by atoms with Gasteiger partial charge in [0.05, 0.1) is 4.90 Å². The molecule has 2 amide bonds. The second kappa shape index (κ2) is 7.15. The van der Waals surface area contributed by atoms with E-state index in [0.717, 1.165) is 21.0 Å². The smallest absolute Gasteiger partial charge is 0.267 e. The van der Waals surface area contributed by atoms with E-state index in [1.54, 1.807) is 24.3 Å². The van der Waals surface area contributed by atoms with Crippen LogP contribution >= 0.6 is 0 Å². The molecule has 0 radical (unpaired) electrons. The van der Waals surface area contributed by atoms with Gasteiger partial charge in [0, 0.05) is 12.1 Å². The summed E-state index contributed by atoms with van der Waals surface area (Å²) in [6, 6.07) is 10.8. The van der Waals surface area contributed by atoms with E-state index >= 15 is 0 Å². The van der Waals surface area contributed by atoms with Gasteiger partial charge in [0.2, 0.25) is 11.8 Å². The Morgan fingerprint density at radius 1 is 1.00 bits per heavy atom. The summed E-state index contributed by atoms with van der Waals surface area (Å²) in [7, 11) is -4.08. The summed E-state index contributed by atoms with van der Waals surface area (Å²) in [5.74, 6) is -1.06. The topological polar surface area (TPSA) is 83.6 Å². The van der Waals surface area contributed by atoms with Crippen molar-refractivity contribution < 1.29 is 18.0 Å². The molecule has 1 saturated heterocycles. The Hall–Kier alpha value is -2.67. The van der Waals surface area contributed by atoms with Crippen molar-refractivity contribution in [3.63, 3.8) is 0 Å². The lowest BCUT2D eigenvalue weighted by Crippen LogP contribution is -2.45. The van der Waals surface area contributed by atoms with E-state index in [9.17, 15) is 18.0 Å². The van der Waals surface area contributed by atoms with Gasteiger partial charge in [-0.3, -0.25) is 9.59 Å². The summed E-state index contributed by atoms with van der Waals surface area (Å²) in [4.78, 5) is 25.1. The van der Waals surface area contributed by atoms with Crippen molar-refractivity contribution >= 4 is 27.5 Å². The van der Waals surface area contributed by atoms with Crippen LogP contribution < -0.4 is 5.32 Å². The summed E-state index contributed by atoms with van der Waals surface area (Å²) in [5.41, 5.74) is 3.46. The Balaban J connectivity index is 1.89. The molecule has 27 heavy (non-hydrogen) atoms. The Kier molecular flexibility index (Phi) is 5.06. The maximum absolute atomic E-state index is 13.0. The molecule has 1 N–H and O–H groups in total. The van der Waals surface area contributed by atoms with E-state index in [1.807, 2.05) is 26.8 Å². The molecule has 1 heterocycles. The number of carbonyl (C=O) groups excluding carboxylic acids is 2. The third-order valence-corrected chi connectivity index (χ3v) is 6.37. The van der Waals surface area contributed by atoms with Crippen molar-refractivity contribution in [1.29, 1.82) is 0 Å². The van der Waals surface area contributed by atoms with E-state index in [-0.39, 0.29) is 17.7 Å². The fourth-order valence-electron chi connectivity index (χ4n) is 3.30. The number of rotatable bonds is 4. The summed E-state index contributed by atoms with van der Waals surface area (Å²) in [6.45, 7) is 5.67. The van der Waals surface area contributed by atoms with Crippen LogP contribution in [0.2, 0.25) is 0 Å². The van der Waals surface area contributed by atoms with Crippen molar-refractivity contribution in [2.45, 2.75) is 44.6 Å². The zero-order chi connectivity index (χ0) is 19.8. The maximum Gasteiger partial charge on any atom is 0.267 e. The number of aryl methyl sites for hydroxylation is 3. The lowest BCUT2D eigenvalue weighted by molar-refractivity contribution is -0.128. The predicted octanol–water partition coefficient (Wildman–Crippen LogP) is 2.93. The molecule has 6 nitrogen and oxygen atoms in total. The van der Waals surface area contributed by atoms with Crippen molar-refractivity contribution in [3.05, 3.63) is 59.2 Å². The van der Waals surface area contributed by atoms with E-state index in [4.69, 9.17) is 0 Å². The fourth-order valence-corrected chi connectivity index (χ4v) is 4.90. The molecule has 1 aliphatic rings. The van der Waals surface area contributed by atoms with Gasteiger partial charge in [0.1, 0.15) is 6.04 Å². The number of sulfonamides is 1. The van der Waals surface area contributed by atoms with E-state index in [2.05, 4.69) is 5.32 Å². The number of nitrogens with zero attached hydrogens (tertiary/aromatic N) is 1. The zero-order valence-electron chi connectivity index (χ0n) is 15.5. The molecule has 2 aromatic carbocycles. The normalized spacial score (nSPS) is 17.2. The summed E-state index contributed by atoms with van der Waals surface area (Å²) in [6.07, 6.45) is 0.191. The van der Waals surface area contributed by atoms with Crippen LogP contribution in [0.1, 0.15) is 29.5 Å². The molecular formula is C20H22N2O4S. The van der Waals surface area contributed by atoms with Crippen LogP contribution in [0.25, 0.3) is 0 Å². The number of hydrogen-bond acceptors (Lipinski definition) is 4. The molecular weight excluding hydrogens is 364 g/mol. The molecule has 142 valence electrons. The number of hydrogen-bond donors (Lipinski definition) is 1. The van der Waals surface area contributed by atoms with E-state index in [1.165, 1.54) is 12.1 Å². The Morgan fingerprint density at radius 2 is 1.59 bits per heavy atom. The Labute approximate surface area is 159 Å². The van der Waals surface area contributed by atoms with E-state index in [0.29, 0.717) is 5.69 Å². The van der Waals surface area contributed by atoms with Crippen LogP contribution in [0.4, 0.5) is 5.69 Å². The Morgan fingerprint density at radius 3 is 2.19 bits per heavy atom. The van der Waals surface area contributed by atoms with Crippen LogP contribution in [0.15, 0.2) is 47.4 Å². The number of amides is 2. The van der Waals surface area contributed by atoms with Gasteiger partial charge in [-0.15, -0.1) is 0 Å². The van der Waals surface area contributed by atoms with Crippen molar-refractivity contribution in [3.8, 4) is 0 Å². The second-order valence-corrected chi connectivity index (χ2v) is 8.74. The molecule has 0 aromatic heterocycles. The highest BCUT2D eigenvalue weighted by Gasteiger charge is 2.44. The quantitative estimate of drug-likeness (QED) is 0.876. The number of anilines is 1. The van der Waals surface area contributed by atoms with Gasteiger partial charge < -0.3 is 5.32 Å². The number of carbonyl (C=O) groups is 2. The van der Waals surface area contributed by atoms with Gasteiger partial charge in [0.25, 0.3) is 10.0 Å². The highest BCUT2D eigenvalue weighted by Crippen LogP contribution is 2.28. The van der Waals surface area contributed by atoms with Crippen LogP contribution in [0.3, 0.4) is 0 Å². The van der Waals surface area contributed by atoms with Crippen molar-refractivity contribution in [2.24, 2.45) is 0 Å². The molecule has 1 fully saturated rings. The highest BCUT2D eigenvalue weighted by atomic mass is 32.2. The molecule has 0 bridgehead atoms. The first-order valence-corrected chi connectivity index (χ1v) is 10.2. The van der Waals surface area contributed by atoms with Crippen LogP contribution in [-0.2, 0) is 19.6 Å². The first-order chi connectivity index (χ1) is 12.7. The minimum Gasteiger partial charge on any atom is -0.324 e. The van der Waals surface area contributed by atoms with Gasteiger partial charge >= 0.3 is 0 Å². The molecule has 1 aliphatic heterocycles. The van der Waals surface area contributed by atoms with Gasteiger partial charge in [-0.05, 0) is 62.6 Å². The van der Waals surface area contributed by atoms with Crippen LogP contribution in [0, 0.1) is 20.8 Å². The molecule has 0 aliphatic carbocycles.